The molecule has 0 bridgehead atoms. The van der Waals surface area contributed by atoms with Gasteiger partial charge >= 0.3 is 0 Å². The van der Waals surface area contributed by atoms with E-state index in [1.165, 1.54) is 9.75 Å². The van der Waals surface area contributed by atoms with Crippen LogP contribution in [0, 0.1) is 6.92 Å². The number of piperidine rings is 1. The number of fused-ring (bicyclic) bond motifs is 1. The maximum atomic E-state index is 13.3. The third-order valence-corrected chi connectivity index (χ3v) is 9.10. The van der Waals surface area contributed by atoms with Crippen molar-refractivity contribution in [3.63, 3.8) is 0 Å². The molecule has 8 heteroatoms. The molecule has 5 heterocycles. The van der Waals surface area contributed by atoms with Gasteiger partial charge in [0, 0.05) is 61.2 Å². The fourth-order valence-electron chi connectivity index (χ4n) is 6.03. The summed E-state index contributed by atoms with van der Waals surface area (Å²) in [6, 6.07) is 4.81. The van der Waals surface area contributed by atoms with Gasteiger partial charge in [0.2, 0.25) is 11.8 Å². The smallest absolute Gasteiger partial charge is 0.243 e. The van der Waals surface area contributed by atoms with Crippen LogP contribution in [-0.2, 0) is 20.9 Å². The lowest BCUT2D eigenvalue weighted by molar-refractivity contribution is -0.135. The zero-order chi connectivity index (χ0) is 22.3. The molecule has 2 amide bonds. The average molecular weight is 461 g/mol. The summed E-state index contributed by atoms with van der Waals surface area (Å²) in [5.74, 6) is 0.208. The molecule has 1 spiro atoms. The Labute approximate surface area is 195 Å². The molecule has 7 nitrogen and oxygen atoms in total. The Hall–Kier alpha value is -1.48. The number of carbonyl (C=O) groups is 2. The van der Waals surface area contributed by atoms with Crippen molar-refractivity contribution < 1.29 is 14.3 Å². The van der Waals surface area contributed by atoms with Gasteiger partial charge in [-0.1, -0.05) is 0 Å². The Balaban J connectivity index is 1.20. The number of hydrogen-bond donors (Lipinski definition) is 1. The van der Waals surface area contributed by atoms with E-state index in [1.807, 2.05) is 16.2 Å². The second kappa shape index (κ2) is 9.05. The van der Waals surface area contributed by atoms with Crippen molar-refractivity contribution in [2.75, 3.05) is 39.9 Å². The summed E-state index contributed by atoms with van der Waals surface area (Å²) >= 11 is 1.85. The predicted octanol–water partition coefficient (Wildman–Crippen LogP) is 1.99. The first-order valence-corrected chi connectivity index (χ1v) is 12.9. The lowest BCUT2D eigenvalue weighted by Crippen LogP contribution is -2.56. The molecule has 1 aromatic rings. The highest BCUT2D eigenvalue weighted by molar-refractivity contribution is 7.11. The highest BCUT2D eigenvalue weighted by Crippen LogP contribution is 2.34. The van der Waals surface area contributed by atoms with Crippen LogP contribution in [0.2, 0.25) is 0 Å². The van der Waals surface area contributed by atoms with E-state index < -0.39 is 0 Å². The van der Waals surface area contributed by atoms with E-state index in [-0.39, 0.29) is 29.4 Å². The molecule has 0 aromatic carbocycles. The lowest BCUT2D eigenvalue weighted by Gasteiger charge is -2.41. The van der Waals surface area contributed by atoms with Crippen molar-refractivity contribution >= 4 is 23.2 Å². The van der Waals surface area contributed by atoms with E-state index in [0.29, 0.717) is 19.0 Å². The van der Waals surface area contributed by atoms with Crippen LogP contribution in [0.1, 0.15) is 48.3 Å². The first kappa shape index (κ1) is 22.3. The van der Waals surface area contributed by atoms with Gasteiger partial charge in [-0.05, 0) is 58.2 Å². The van der Waals surface area contributed by atoms with Gasteiger partial charge in [-0.25, -0.2) is 0 Å². The van der Waals surface area contributed by atoms with Crippen LogP contribution < -0.4 is 5.32 Å². The summed E-state index contributed by atoms with van der Waals surface area (Å²) in [7, 11) is 2.15. The zero-order valence-electron chi connectivity index (χ0n) is 19.3. The van der Waals surface area contributed by atoms with Gasteiger partial charge in [0.05, 0.1) is 12.0 Å². The first-order valence-electron chi connectivity index (χ1n) is 12.1. The molecule has 0 radical (unpaired) electrons. The number of amides is 2. The molecule has 5 rings (SSSR count). The monoisotopic (exact) mass is 460 g/mol. The summed E-state index contributed by atoms with van der Waals surface area (Å²) in [5, 5.41) is 3.36. The molecular formula is C24H36N4O3S. The van der Waals surface area contributed by atoms with Crippen LogP contribution in [0.15, 0.2) is 12.1 Å². The van der Waals surface area contributed by atoms with Crippen molar-refractivity contribution in [3.8, 4) is 0 Å². The van der Waals surface area contributed by atoms with Crippen LogP contribution in [0.3, 0.4) is 0 Å². The summed E-state index contributed by atoms with van der Waals surface area (Å²) in [6.45, 7) is 7.23. The zero-order valence-corrected chi connectivity index (χ0v) is 20.2. The lowest BCUT2D eigenvalue weighted by atomic mass is 9.84. The molecule has 0 saturated carbocycles. The fraction of sp³-hybridized carbons (Fsp3) is 0.750. The van der Waals surface area contributed by atoms with Crippen molar-refractivity contribution in [2.45, 2.75) is 75.7 Å². The number of likely N-dealkylation sites (tertiary alicyclic amines) is 1. The van der Waals surface area contributed by atoms with E-state index in [9.17, 15) is 9.59 Å². The van der Waals surface area contributed by atoms with E-state index in [0.717, 1.165) is 65.0 Å². The van der Waals surface area contributed by atoms with Gasteiger partial charge in [-0.2, -0.15) is 0 Å². The number of likely N-dealkylation sites (N-methyl/N-ethyl adjacent to an activating group) is 1. The summed E-state index contributed by atoms with van der Waals surface area (Å²) in [5.41, 5.74) is -0.373. The standard InChI is InChI=1S/C24H36N4O3S/c1-17-3-4-20(32-17)16-27-9-7-24(8-10-27)14-22(29)28-15-19(13-21(28)23(30)25-24)26(2)18-5-11-31-12-6-18/h3-4,18-19,21H,5-16H2,1-2H3,(H,25,30)/t19-,21-/m0/s1. The molecule has 0 aliphatic carbocycles. The van der Waals surface area contributed by atoms with Crippen molar-refractivity contribution in [2.24, 2.45) is 0 Å². The molecular weight excluding hydrogens is 424 g/mol. The van der Waals surface area contributed by atoms with Gasteiger partial charge < -0.3 is 15.0 Å². The van der Waals surface area contributed by atoms with Gasteiger partial charge in [0.15, 0.2) is 0 Å². The average Bonchev–Trinajstić information content (AvgIpc) is 3.40. The van der Waals surface area contributed by atoms with E-state index in [1.54, 1.807) is 0 Å². The second-order valence-electron chi connectivity index (χ2n) is 10.2. The number of nitrogens with one attached hydrogen (secondary N) is 1. The Morgan fingerprint density at radius 3 is 2.62 bits per heavy atom. The Morgan fingerprint density at radius 2 is 1.94 bits per heavy atom. The number of rotatable bonds is 4. The summed E-state index contributed by atoms with van der Waals surface area (Å²) in [4.78, 5) is 36.1. The maximum absolute atomic E-state index is 13.3. The van der Waals surface area contributed by atoms with E-state index in [2.05, 4.69) is 41.2 Å². The number of ether oxygens (including phenoxy) is 1. The predicted molar refractivity (Wildman–Crippen MR) is 125 cm³/mol. The minimum Gasteiger partial charge on any atom is -0.381 e. The molecule has 4 aliphatic heterocycles. The van der Waals surface area contributed by atoms with Crippen molar-refractivity contribution in [1.29, 1.82) is 0 Å². The van der Waals surface area contributed by atoms with Crippen LogP contribution in [0.5, 0.6) is 0 Å². The molecule has 176 valence electrons. The molecule has 1 aromatic heterocycles. The highest BCUT2D eigenvalue weighted by Gasteiger charge is 2.49. The number of aryl methyl sites for hydroxylation is 1. The number of nitrogens with zero attached hydrogens (tertiary/aromatic N) is 3. The molecule has 2 atom stereocenters. The van der Waals surface area contributed by atoms with Gasteiger partial charge in [0.25, 0.3) is 0 Å². The number of thiophene rings is 1. The topological polar surface area (TPSA) is 65.1 Å². The van der Waals surface area contributed by atoms with Crippen LogP contribution in [0.25, 0.3) is 0 Å². The van der Waals surface area contributed by atoms with Gasteiger partial charge in [0.1, 0.15) is 6.04 Å². The molecule has 1 N–H and O–H groups in total. The molecule has 32 heavy (non-hydrogen) atoms. The summed E-state index contributed by atoms with van der Waals surface area (Å²) < 4.78 is 5.51. The second-order valence-corrected chi connectivity index (χ2v) is 11.6. The Bertz CT molecular complexity index is 816. The third kappa shape index (κ3) is 4.47. The van der Waals surface area contributed by atoms with Gasteiger partial charge in [-0.3, -0.25) is 19.4 Å². The van der Waals surface area contributed by atoms with Crippen LogP contribution in [0.4, 0.5) is 0 Å². The SMILES string of the molecule is Cc1ccc(CN2CCC3(CC2)CC(=O)N2C[C@@H](N(C)C4CCOCC4)C[C@H]2C(=O)N3)s1. The Kier molecular flexibility index (Phi) is 6.31. The number of hydrogen-bond acceptors (Lipinski definition) is 6. The van der Waals surface area contributed by atoms with Crippen LogP contribution >= 0.6 is 11.3 Å². The molecule has 4 aliphatic rings. The molecule has 4 saturated heterocycles. The maximum Gasteiger partial charge on any atom is 0.243 e. The van der Waals surface area contributed by atoms with Crippen molar-refractivity contribution in [3.05, 3.63) is 21.9 Å². The van der Waals surface area contributed by atoms with Crippen molar-refractivity contribution in [1.82, 2.24) is 20.0 Å². The largest absolute Gasteiger partial charge is 0.381 e. The highest BCUT2D eigenvalue weighted by atomic mass is 32.1. The third-order valence-electron chi connectivity index (χ3n) is 8.11. The Morgan fingerprint density at radius 1 is 1.19 bits per heavy atom. The van der Waals surface area contributed by atoms with Crippen LogP contribution in [-0.4, -0.2) is 90.1 Å². The van der Waals surface area contributed by atoms with E-state index >= 15 is 0 Å². The quantitative estimate of drug-likeness (QED) is 0.745. The minimum atomic E-state index is -0.373. The first-order chi connectivity index (χ1) is 15.4. The minimum absolute atomic E-state index is 0.0565. The van der Waals surface area contributed by atoms with Gasteiger partial charge in [-0.15, -0.1) is 11.3 Å². The normalized spacial score (nSPS) is 29.4. The number of carbonyl (C=O) groups excluding carboxylic acids is 2. The van der Waals surface area contributed by atoms with E-state index in [4.69, 9.17) is 4.74 Å². The molecule has 0 unspecified atom stereocenters. The fourth-order valence-corrected chi connectivity index (χ4v) is 6.97. The molecule has 4 fully saturated rings. The summed E-state index contributed by atoms with van der Waals surface area (Å²) in [6.07, 6.45) is 4.94.